The van der Waals surface area contributed by atoms with Crippen LogP contribution in [0.2, 0.25) is 0 Å². The largest absolute Gasteiger partial charge is 0.394 e. The summed E-state index contributed by atoms with van der Waals surface area (Å²) in [6.45, 7) is 5.68. The van der Waals surface area contributed by atoms with E-state index >= 15 is 0 Å². The summed E-state index contributed by atoms with van der Waals surface area (Å²) in [6.07, 6.45) is 7.20. The predicted molar refractivity (Wildman–Crippen MR) is 118 cm³/mol. The molecule has 1 spiro atoms. The van der Waals surface area contributed by atoms with E-state index in [1.807, 2.05) is 20.8 Å². The molecule has 8 heteroatoms. The minimum atomic E-state index is -1.03. The van der Waals surface area contributed by atoms with E-state index in [2.05, 4.69) is 10.6 Å². The van der Waals surface area contributed by atoms with Gasteiger partial charge in [0.05, 0.1) is 30.1 Å². The van der Waals surface area contributed by atoms with Crippen LogP contribution < -0.4 is 10.6 Å². The van der Waals surface area contributed by atoms with Crippen molar-refractivity contribution in [3.05, 3.63) is 0 Å². The molecule has 2 bridgehead atoms. The van der Waals surface area contributed by atoms with Gasteiger partial charge >= 0.3 is 0 Å². The highest BCUT2D eigenvalue weighted by Gasteiger charge is 2.78. The van der Waals surface area contributed by atoms with Gasteiger partial charge in [0.25, 0.3) is 0 Å². The Hall–Kier alpha value is -1.67. The maximum atomic E-state index is 13.9. The van der Waals surface area contributed by atoms with E-state index in [1.54, 1.807) is 11.9 Å². The summed E-state index contributed by atoms with van der Waals surface area (Å²) in [4.78, 5) is 42.3. The second kappa shape index (κ2) is 8.60. The lowest BCUT2D eigenvalue weighted by molar-refractivity contribution is -0.151. The monoisotopic (exact) mass is 449 g/mol. The van der Waals surface area contributed by atoms with E-state index in [9.17, 15) is 19.5 Å². The van der Waals surface area contributed by atoms with Crippen LogP contribution in [0.25, 0.3) is 0 Å². The molecule has 4 rings (SSSR count). The Balaban J connectivity index is 1.75. The van der Waals surface area contributed by atoms with Crippen LogP contribution in [-0.2, 0) is 19.1 Å². The zero-order valence-electron chi connectivity index (χ0n) is 19.9. The molecule has 4 aliphatic rings. The third kappa shape index (κ3) is 3.36. The summed E-state index contributed by atoms with van der Waals surface area (Å²) < 4.78 is 6.57. The van der Waals surface area contributed by atoms with E-state index in [4.69, 9.17) is 4.74 Å². The fraction of sp³-hybridized carbons (Fsp3) is 0.875. The number of aliphatic hydroxyl groups is 1. The molecule has 3 heterocycles. The molecule has 32 heavy (non-hydrogen) atoms. The Bertz CT molecular complexity index is 769. The van der Waals surface area contributed by atoms with E-state index in [-0.39, 0.29) is 36.3 Å². The van der Waals surface area contributed by atoms with Crippen molar-refractivity contribution in [3.63, 3.8) is 0 Å². The number of carbonyl (C=O) groups excluding carboxylic acids is 3. The molecule has 7 atom stereocenters. The molecule has 0 radical (unpaired) electrons. The molecular weight excluding hydrogens is 410 g/mol. The number of aliphatic hydroxyl groups excluding tert-OH is 1. The van der Waals surface area contributed by atoms with E-state index in [0.717, 1.165) is 32.1 Å². The SMILES string of the molecule is CC[C@H](C)[C@H](CO)N1C(=O)[C@@H]2[C@H](C(=O)NC)[C@]3(C)CCC2(O3)C1C(=O)NC1CCCCC1. The summed E-state index contributed by atoms with van der Waals surface area (Å²) in [5.74, 6) is -1.98. The van der Waals surface area contributed by atoms with Crippen LogP contribution in [-0.4, -0.2) is 70.7 Å². The van der Waals surface area contributed by atoms with E-state index in [1.165, 1.54) is 6.42 Å². The molecule has 3 N–H and O–H groups in total. The highest BCUT2D eigenvalue weighted by atomic mass is 16.5. The number of hydrogen-bond acceptors (Lipinski definition) is 5. The van der Waals surface area contributed by atoms with Crippen molar-refractivity contribution in [2.24, 2.45) is 17.8 Å². The van der Waals surface area contributed by atoms with Gasteiger partial charge < -0.3 is 25.4 Å². The van der Waals surface area contributed by atoms with Crippen LogP contribution in [0, 0.1) is 17.8 Å². The van der Waals surface area contributed by atoms with Gasteiger partial charge in [-0.2, -0.15) is 0 Å². The zero-order valence-corrected chi connectivity index (χ0v) is 19.9. The van der Waals surface area contributed by atoms with Gasteiger partial charge in [-0.05, 0) is 38.5 Å². The Kier molecular flexibility index (Phi) is 6.31. The zero-order chi connectivity index (χ0) is 23.3. The van der Waals surface area contributed by atoms with Crippen molar-refractivity contribution < 1.29 is 24.2 Å². The van der Waals surface area contributed by atoms with Crippen LogP contribution >= 0.6 is 0 Å². The second-order valence-corrected chi connectivity index (χ2v) is 10.6. The molecule has 4 fully saturated rings. The van der Waals surface area contributed by atoms with Crippen molar-refractivity contribution in [2.45, 2.75) is 101 Å². The van der Waals surface area contributed by atoms with Crippen molar-refractivity contribution in [3.8, 4) is 0 Å². The third-order valence-corrected chi connectivity index (χ3v) is 8.79. The first-order valence-electron chi connectivity index (χ1n) is 12.4. The number of likely N-dealkylation sites (tertiary alicyclic amines) is 1. The molecule has 3 saturated heterocycles. The second-order valence-electron chi connectivity index (χ2n) is 10.6. The van der Waals surface area contributed by atoms with Gasteiger partial charge in [-0.15, -0.1) is 0 Å². The minimum Gasteiger partial charge on any atom is -0.394 e. The number of ether oxygens (including phenoxy) is 1. The highest BCUT2D eigenvalue weighted by Crippen LogP contribution is 2.63. The van der Waals surface area contributed by atoms with Crippen molar-refractivity contribution in [1.29, 1.82) is 0 Å². The van der Waals surface area contributed by atoms with Gasteiger partial charge in [0, 0.05) is 13.1 Å². The number of nitrogens with zero attached hydrogens (tertiary/aromatic N) is 1. The fourth-order valence-electron chi connectivity index (χ4n) is 6.92. The van der Waals surface area contributed by atoms with Crippen molar-refractivity contribution in [1.82, 2.24) is 15.5 Å². The fourth-order valence-corrected chi connectivity index (χ4v) is 6.92. The maximum Gasteiger partial charge on any atom is 0.246 e. The summed E-state index contributed by atoms with van der Waals surface area (Å²) in [5.41, 5.74) is -1.79. The summed E-state index contributed by atoms with van der Waals surface area (Å²) in [5, 5.41) is 16.2. The Morgan fingerprint density at radius 1 is 1.22 bits per heavy atom. The first kappa shape index (κ1) is 23.5. The average Bonchev–Trinajstić information content (AvgIpc) is 3.35. The molecule has 0 aromatic heterocycles. The lowest BCUT2D eigenvalue weighted by atomic mass is 9.66. The summed E-state index contributed by atoms with van der Waals surface area (Å²) in [6, 6.07) is -1.22. The molecular formula is C24H39N3O5. The number of nitrogens with one attached hydrogen (secondary N) is 2. The van der Waals surface area contributed by atoms with Gasteiger partial charge in [-0.25, -0.2) is 0 Å². The van der Waals surface area contributed by atoms with Crippen LogP contribution in [0.1, 0.15) is 72.1 Å². The number of carbonyl (C=O) groups is 3. The van der Waals surface area contributed by atoms with Crippen LogP contribution in [0.3, 0.4) is 0 Å². The van der Waals surface area contributed by atoms with Gasteiger partial charge in [0.15, 0.2) is 0 Å². The first-order valence-corrected chi connectivity index (χ1v) is 12.4. The molecule has 3 amide bonds. The molecule has 1 saturated carbocycles. The van der Waals surface area contributed by atoms with Crippen LogP contribution in [0.5, 0.6) is 0 Å². The quantitative estimate of drug-likeness (QED) is 0.544. The van der Waals surface area contributed by atoms with Crippen molar-refractivity contribution >= 4 is 17.7 Å². The van der Waals surface area contributed by atoms with E-state index in [0.29, 0.717) is 12.8 Å². The van der Waals surface area contributed by atoms with Crippen molar-refractivity contribution in [2.75, 3.05) is 13.7 Å². The molecule has 2 unspecified atom stereocenters. The smallest absolute Gasteiger partial charge is 0.246 e. The Morgan fingerprint density at radius 2 is 1.91 bits per heavy atom. The molecule has 1 aliphatic carbocycles. The average molecular weight is 450 g/mol. The van der Waals surface area contributed by atoms with E-state index < -0.39 is 35.1 Å². The lowest BCUT2D eigenvalue weighted by Crippen LogP contribution is -2.60. The van der Waals surface area contributed by atoms with Crippen LogP contribution in [0.15, 0.2) is 0 Å². The minimum absolute atomic E-state index is 0.00963. The molecule has 0 aromatic carbocycles. The summed E-state index contributed by atoms with van der Waals surface area (Å²) >= 11 is 0. The molecule has 180 valence electrons. The van der Waals surface area contributed by atoms with Gasteiger partial charge in [0.1, 0.15) is 11.6 Å². The Labute approximate surface area is 190 Å². The lowest BCUT2D eigenvalue weighted by Gasteiger charge is -2.40. The molecule has 8 nitrogen and oxygen atoms in total. The maximum absolute atomic E-state index is 13.9. The number of fused-ring (bicyclic) bond motifs is 1. The van der Waals surface area contributed by atoms with Gasteiger partial charge in [0.2, 0.25) is 17.7 Å². The predicted octanol–water partition coefficient (Wildman–Crippen LogP) is 1.35. The number of hydrogen-bond donors (Lipinski definition) is 3. The highest BCUT2D eigenvalue weighted by molar-refractivity contribution is 5.99. The van der Waals surface area contributed by atoms with Gasteiger partial charge in [-0.1, -0.05) is 39.5 Å². The standard InChI is InChI=1S/C24H39N3O5/c1-5-14(2)16(13-28)27-19(21(30)26-15-9-7-6-8-10-15)24-12-11-23(3,32-24)17(20(29)25-4)18(24)22(27)31/h14-19,28H,5-13H2,1-4H3,(H,25,29)(H,26,30)/t14-,16-,17+,18-,19?,23-,24?/m0/s1. The summed E-state index contributed by atoms with van der Waals surface area (Å²) in [7, 11) is 1.57. The number of rotatable bonds is 7. The first-order chi connectivity index (χ1) is 15.2. The Morgan fingerprint density at radius 3 is 2.50 bits per heavy atom. The van der Waals surface area contributed by atoms with Crippen LogP contribution in [0.4, 0.5) is 0 Å². The molecule has 3 aliphatic heterocycles. The molecule has 0 aromatic rings. The normalized spacial score (nSPS) is 38.5. The third-order valence-electron chi connectivity index (χ3n) is 8.79. The van der Waals surface area contributed by atoms with Gasteiger partial charge in [-0.3, -0.25) is 14.4 Å². The number of amides is 3. The topological polar surface area (TPSA) is 108 Å².